The van der Waals surface area contributed by atoms with E-state index in [0.717, 1.165) is 62.7 Å². The average molecular weight is 382 g/mol. The molecule has 0 saturated carbocycles. The summed E-state index contributed by atoms with van der Waals surface area (Å²) in [6.45, 7) is 10.4. The van der Waals surface area contributed by atoms with Crippen molar-refractivity contribution in [3.05, 3.63) is 42.3 Å². The summed E-state index contributed by atoms with van der Waals surface area (Å²) in [5.74, 6) is 1.69. The van der Waals surface area contributed by atoms with Crippen LogP contribution in [0.3, 0.4) is 0 Å². The molecule has 0 N–H and O–H groups in total. The van der Waals surface area contributed by atoms with Gasteiger partial charge in [-0.3, -0.25) is 4.90 Å². The van der Waals surface area contributed by atoms with E-state index < -0.39 is 0 Å². The molecule has 150 valence electrons. The Hall–Kier alpha value is -2.05. The van der Waals surface area contributed by atoms with Crippen molar-refractivity contribution in [2.75, 3.05) is 19.6 Å². The molecule has 28 heavy (non-hydrogen) atoms. The summed E-state index contributed by atoms with van der Waals surface area (Å²) < 4.78 is 8.81. The van der Waals surface area contributed by atoms with Gasteiger partial charge in [-0.1, -0.05) is 11.6 Å². The molecule has 0 amide bonds. The predicted molar refractivity (Wildman–Crippen MR) is 110 cm³/mol. The molecule has 2 aromatic heterocycles. The van der Waals surface area contributed by atoms with E-state index in [4.69, 9.17) is 4.74 Å². The Kier molecular flexibility index (Phi) is 5.60. The second-order valence-corrected chi connectivity index (χ2v) is 8.47. The monoisotopic (exact) mass is 381 g/mol. The summed E-state index contributed by atoms with van der Waals surface area (Å²) in [6, 6.07) is 0. The molecule has 1 unspecified atom stereocenters. The molecule has 2 aromatic rings. The van der Waals surface area contributed by atoms with Crippen LogP contribution in [0.1, 0.15) is 45.4 Å². The van der Waals surface area contributed by atoms with E-state index in [9.17, 15) is 0 Å². The Labute approximate surface area is 167 Å². The number of allylic oxidation sites excluding steroid dienone is 1. The van der Waals surface area contributed by atoms with Crippen molar-refractivity contribution < 1.29 is 4.74 Å². The number of imidazole rings is 1. The smallest absolute Gasteiger partial charge is 0.143 e. The topological polar surface area (TPSA) is 56.1 Å². The number of ether oxygens (including phenoxy) is 1. The van der Waals surface area contributed by atoms with E-state index in [-0.39, 0.29) is 11.7 Å². The Morgan fingerprint density at radius 1 is 1.18 bits per heavy atom. The van der Waals surface area contributed by atoms with Gasteiger partial charge in [-0.05, 0) is 46.5 Å². The van der Waals surface area contributed by atoms with Crippen molar-refractivity contribution in [2.24, 2.45) is 0 Å². The Balaban J connectivity index is 1.36. The van der Waals surface area contributed by atoms with Crippen molar-refractivity contribution in [3.8, 4) is 11.4 Å². The molecule has 0 aliphatic carbocycles. The Morgan fingerprint density at radius 3 is 2.64 bits per heavy atom. The van der Waals surface area contributed by atoms with Crippen molar-refractivity contribution in [2.45, 2.75) is 64.7 Å². The van der Waals surface area contributed by atoms with Gasteiger partial charge >= 0.3 is 0 Å². The largest absolute Gasteiger partial charge is 0.370 e. The number of aromatic nitrogens is 4. The van der Waals surface area contributed by atoms with Gasteiger partial charge in [0.25, 0.3) is 0 Å². The second kappa shape index (κ2) is 8.13. The third-order valence-corrected chi connectivity index (χ3v) is 6.02. The second-order valence-electron chi connectivity index (χ2n) is 8.47. The minimum Gasteiger partial charge on any atom is -0.370 e. The number of likely N-dealkylation sites (tertiary alicyclic amines) is 1. The highest BCUT2D eigenvalue weighted by molar-refractivity contribution is 5.52. The van der Waals surface area contributed by atoms with Crippen LogP contribution in [0.2, 0.25) is 0 Å². The van der Waals surface area contributed by atoms with Gasteiger partial charge in [-0.25, -0.2) is 15.0 Å². The lowest BCUT2D eigenvalue weighted by Crippen LogP contribution is -2.44. The number of nitrogens with zero attached hydrogens (tertiary/aromatic N) is 5. The summed E-state index contributed by atoms with van der Waals surface area (Å²) in [7, 11) is 0. The van der Waals surface area contributed by atoms with E-state index in [2.05, 4.69) is 44.3 Å². The molecule has 4 rings (SSSR count). The summed E-state index contributed by atoms with van der Waals surface area (Å²) >= 11 is 0. The van der Waals surface area contributed by atoms with Crippen LogP contribution in [-0.4, -0.2) is 55.8 Å². The quantitative estimate of drug-likeness (QED) is 0.740. The zero-order chi connectivity index (χ0) is 19.6. The minimum atomic E-state index is 0.0832. The van der Waals surface area contributed by atoms with Gasteiger partial charge < -0.3 is 9.30 Å². The van der Waals surface area contributed by atoms with Crippen molar-refractivity contribution in [1.29, 1.82) is 0 Å². The summed E-state index contributed by atoms with van der Waals surface area (Å²) in [4.78, 5) is 15.7. The highest BCUT2D eigenvalue weighted by Crippen LogP contribution is 2.39. The van der Waals surface area contributed by atoms with Crippen molar-refractivity contribution in [1.82, 2.24) is 24.4 Å². The average Bonchev–Trinajstić information content (AvgIpc) is 3.30. The Morgan fingerprint density at radius 2 is 1.93 bits per heavy atom. The molecular weight excluding hydrogens is 350 g/mol. The van der Waals surface area contributed by atoms with E-state index in [1.54, 1.807) is 0 Å². The van der Waals surface area contributed by atoms with E-state index in [1.807, 2.05) is 31.7 Å². The molecule has 0 radical (unpaired) electrons. The summed E-state index contributed by atoms with van der Waals surface area (Å²) in [6.07, 6.45) is 14.7. The highest BCUT2D eigenvalue weighted by atomic mass is 16.5. The molecule has 2 fully saturated rings. The van der Waals surface area contributed by atoms with Gasteiger partial charge in [-0.15, -0.1) is 0 Å². The Bertz CT molecular complexity index is 814. The van der Waals surface area contributed by atoms with Crippen LogP contribution in [0.25, 0.3) is 11.4 Å². The third-order valence-electron chi connectivity index (χ3n) is 6.02. The third kappa shape index (κ3) is 4.33. The zero-order valence-corrected chi connectivity index (χ0v) is 17.3. The fourth-order valence-electron chi connectivity index (χ4n) is 4.29. The zero-order valence-electron chi connectivity index (χ0n) is 17.3. The lowest BCUT2D eigenvalue weighted by atomic mass is 9.88. The van der Waals surface area contributed by atoms with E-state index >= 15 is 0 Å². The fraction of sp³-hybridized carbons (Fsp3) is 0.591. The van der Waals surface area contributed by atoms with Gasteiger partial charge in [0.1, 0.15) is 11.6 Å². The van der Waals surface area contributed by atoms with Crippen molar-refractivity contribution >= 4 is 0 Å². The first-order valence-electron chi connectivity index (χ1n) is 10.4. The van der Waals surface area contributed by atoms with Crippen LogP contribution in [0.5, 0.6) is 0 Å². The standard InChI is InChI=1S/C22H31N5O/c1-17(2)5-10-26-11-7-22(8-12-26)6-4-20(28-22)16-27-13-9-23-21(27)19-14-24-18(3)25-15-19/h5,9,13-15,20H,4,6-8,10-12,16H2,1-3H3. The maximum atomic E-state index is 6.63. The van der Waals surface area contributed by atoms with Gasteiger partial charge in [0.2, 0.25) is 0 Å². The lowest BCUT2D eigenvalue weighted by Gasteiger charge is -2.39. The number of rotatable bonds is 5. The molecule has 0 bridgehead atoms. The van der Waals surface area contributed by atoms with E-state index in [1.165, 1.54) is 12.0 Å². The number of hydrogen-bond donors (Lipinski definition) is 0. The first-order chi connectivity index (χ1) is 13.5. The van der Waals surface area contributed by atoms with Gasteiger partial charge in [0.05, 0.1) is 23.8 Å². The fourth-order valence-corrected chi connectivity index (χ4v) is 4.29. The molecule has 2 aliphatic heterocycles. The molecule has 1 atom stereocenters. The van der Waals surface area contributed by atoms with Gasteiger partial charge in [-0.2, -0.15) is 0 Å². The number of aryl methyl sites for hydroxylation is 1. The molecule has 2 saturated heterocycles. The minimum absolute atomic E-state index is 0.0832. The van der Waals surface area contributed by atoms with Crippen LogP contribution < -0.4 is 0 Å². The SMILES string of the molecule is CC(C)=CCN1CCC2(CCC(Cn3ccnc3-c3cnc(C)nc3)O2)CC1. The van der Waals surface area contributed by atoms with Gasteiger partial charge in [0, 0.05) is 44.4 Å². The molecule has 6 nitrogen and oxygen atoms in total. The highest BCUT2D eigenvalue weighted by Gasteiger charge is 2.42. The lowest BCUT2D eigenvalue weighted by molar-refractivity contribution is -0.0794. The van der Waals surface area contributed by atoms with Crippen LogP contribution in [-0.2, 0) is 11.3 Å². The number of hydrogen-bond acceptors (Lipinski definition) is 5. The maximum Gasteiger partial charge on any atom is 0.143 e. The first-order valence-corrected chi connectivity index (χ1v) is 10.4. The number of piperidine rings is 1. The molecule has 0 aromatic carbocycles. The summed E-state index contributed by atoms with van der Waals surface area (Å²) in [5, 5.41) is 0. The maximum absolute atomic E-state index is 6.63. The molecule has 4 heterocycles. The molecular formula is C22H31N5O. The van der Waals surface area contributed by atoms with Crippen LogP contribution in [0.15, 0.2) is 36.4 Å². The summed E-state index contributed by atoms with van der Waals surface area (Å²) in [5.41, 5.74) is 2.43. The molecule has 6 heteroatoms. The van der Waals surface area contributed by atoms with Crippen LogP contribution in [0.4, 0.5) is 0 Å². The molecule has 2 aliphatic rings. The van der Waals surface area contributed by atoms with Crippen LogP contribution in [0, 0.1) is 6.92 Å². The predicted octanol–water partition coefficient (Wildman–Crippen LogP) is 3.63. The van der Waals surface area contributed by atoms with Crippen LogP contribution >= 0.6 is 0 Å². The first kappa shape index (κ1) is 19.3. The normalized spacial score (nSPS) is 21.9. The van der Waals surface area contributed by atoms with E-state index in [0.29, 0.717) is 0 Å². The molecule has 1 spiro atoms. The van der Waals surface area contributed by atoms with Gasteiger partial charge in [0.15, 0.2) is 0 Å². The van der Waals surface area contributed by atoms with Crippen molar-refractivity contribution in [3.63, 3.8) is 0 Å².